The Kier molecular flexibility index (Phi) is 7.12. The Morgan fingerprint density at radius 1 is 0.946 bits per heavy atom. The van der Waals surface area contributed by atoms with Crippen LogP contribution in [0, 0.1) is 0 Å². The number of amides is 1. The van der Waals surface area contributed by atoms with Crippen LogP contribution in [-0.4, -0.2) is 43.2 Å². The van der Waals surface area contributed by atoms with E-state index in [1.807, 2.05) is 72.8 Å². The molecule has 0 unspecified atom stereocenters. The lowest BCUT2D eigenvalue weighted by Crippen LogP contribution is -2.54. The van der Waals surface area contributed by atoms with E-state index in [1.54, 1.807) is 24.5 Å². The zero-order valence-corrected chi connectivity index (χ0v) is 20.5. The van der Waals surface area contributed by atoms with Gasteiger partial charge in [0, 0.05) is 6.20 Å². The number of esters is 1. The van der Waals surface area contributed by atoms with Crippen molar-refractivity contribution in [1.82, 2.24) is 4.98 Å². The predicted molar refractivity (Wildman–Crippen MR) is 143 cm³/mol. The van der Waals surface area contributed by atoms with Gasteiger partial charge < -0.3 is 19.7 Å². The Hall–Kier alpha value is -4.65. The number of anilines is 2. The number of pyridine rings is 1. The number of aromatic nitrogens is 1. The summed E-state index contributed by atoms with van der Waals surface area (Å²) in [6.45, 7) is 1.30. The summed E-state index contributed by atoms with van der Waals surface area (Å²) in [6.07, 6.45) is 3.53. The first-order valence-corrected chi connectivity index (χ1v) is 12.1. The van der Waals surface area contributed by atoms with Crippen LogP contribution in [0.15, 0.2) is 97.3 Å². The average Bonchev–Trinajstić information content (AvgIpc) is 2.91. The normalized spacial score (nSPS) is 12.9. The first-order chi connectivity index (χ1) is 18.1. The van der Waals surface area contributed by atoms with Crippen LogP contribution < -0.4 is 15.0 Å². The van der Waals surface area contributed by atoms with Crippen molar-refractivity contribution in [2.24, 2.45) is 0 Å². The van der Waals surface area contributed by atoms with Crippen molar-refractivity contribution in [2.75, 3.05) is 30.4 Å². The number of hydrogen-bond acceptors (Lipinski definition) is 6. The monoisotopic (exact) mass is 493 g/mol. The van der Waals surface area contributed by atoms with E-state index in [2.05, 4.69) is 15.2 Å². The summed E-state index contributed by atoms with van der Waals surface area (Å²) in [4.78, 5) is 31.1. The standard InChI is InChI=1S/C30H27N3O4/c1-36-30(35)29-26(22-7-3-2-4-8-22)10-5-11-27(29)33-19-25(20-33)37-24-14-12-21(13-15-24)17-28(34)32-23-9-6-16-31-18-23/h2-16,18,25H,17,19-20H2,1H3,(H,32,34). The summed E-state index contributed by atoms with van der Waals surface area (Å²) in [6, 6.07) is 26.8. The van der Waals surface area contributed by atoms with Gasteiger partial charge in [-0.25, -0.2) is 4.79 Å². The molecule has 7 nitrogen and oxygen atoms in total. The number of rotatable bonds is 8. The van der Waals surface area contributed by atoms with Crippen molar-refractivity contribution >= 4 is 23.3 Å². The molecule has 1 fully saturated rings. The molecule has 37 heavy (non-hydrogen) atoms. The third kappa shape index (κ3) is 5.62. The van der Waals surface area contributed by atoms with E-state index in [4.69, 9.17) is 9.47 Å². The van der Waals surface area contributed by atoms with Crippen molar-refractivity contribution in [3.05, 3.63) is 108 Å². The van der Waals surface area contributed by atoms with Crippen LogP contribution in [-0.2, 0) is 16.0 Å². The predicted octanol–water partition coefficient (Wildman–Crippen LogP) is 4.98. The lowest BCUT2D eigenvalue weighted by atomic mass is 9.96. The number of nitrogens with zero attached hydrogens (tertiary/aromatic N) is 2. The van der Waals surface area contributed by atoms with E-state index < -0.39 is 0 Å². The average molecular weight is 494 g/mol. The van der Waals surface area contributed by atoms with Crippen LogP contribution in [0.25, 0.3) is 11.1 Å². The SMILES string of the molecule is COC(=O)c1c(-c2ccccc2)cccc1N1CC(Oc2ccc(CC(=O)Nc3cccnc3)cc2)C1. The molecule has 0 spiro atoms. The van der Waals surface area contributed by atoms with Gasteiger partial charge in [0.1, 0.15) is 11.9 Å². The quantitative estimate of drug-likeness (QED) is 0.349. The lowest BCUT2D eigenvalue weighted by molar-refractivity contribution is -0.115. The molecule has 1 aliphatic rings. The molecule has 0 saturated carbocycles. The Bertz CT molecular complexity index is 1370. The molecule has 5 rings (SSSR count). The largest absolute Gasteiger partial charge is 0.487 e. The van der Waals surface area contributed by atoms with Crippen molar-refractivity contribution in [1.29, 1.82) is 0 Å². The minimum atomic E-state index is -0.359. The van der Waals surface area contributed by atoms with Crippen molar-refractivity contribution in [2.45, 2.75) is 12.5 Å². The van der Waals surface area contributed by atoms with E-state index in [1.165, 1.54) is 7.11 Å². The topological polar surface area (TPSA) is 80.8 Å². The molecule has 1 N–H and O–H groups in total. The second-order valence-corrected chi connectivity index (χ2v) is 8.81. The van der Waals surface area contributed by atoms with Crippen LogP contribution in [0.5, 0.6) is 5.75 Å². The van der Waals surface area contributed by atoms with Gasteiger partial charge in [-0.15, -0.1) is 0 Å². The number of benzene rings is 3. The van der Waals surface area contributed by atoms with Gasteiger partial charge in [-0.3, -0.25) is 9.78 Å². The van der Waals surface area contributed by atoms with E-state index in [9.17, 15) is 9.59 Å². The highest BCUT2D eigenvalue weighted by Crippen LogP contribution is 2.35. The third-order valence-corrected chi connectivity index (χ3v) is 6.24. The minimum Gasteiger partial charge on any atom is -0.487 e. The smallest absolute Gasteiger partial charge is 0.340 e. The Balaban J connectivity index is 1.20. The number of methoxy groups -OCH3 is 1. The number of carbonyl (C=O) groups excluding carboxylic acids is 2. The van der Waals surface area contributed by atoms with Gasteiger partial charge in [0.25, 0.3) is 0 Å². The molecule has 7 heteroatoms. The number of carbonyl (C=O) groups is 2. The fourth-order valence-electron chi connectivity index (χ4n) is 4.39. The van der Waals surface area contributed by atoms with Gasteiger partial charge >= 0.3 is 5.97 Å². The highest BCUT2D eigenvalue weighted by atomic mass is 16.5. The molecule has 0 bridgehead atoms. The summed E-state index contributed by atoms with van der Waals surface area (Å²) < 4.78 is 11.3. The second kappa shape index (κ2) is 11.0. The zero-order chi connectivity index (χ0) is 25.6. The van der Waals surface area contributed by atoms with Crippen LogP contribution >= 0.6 is 0 Å². The zero-order valence-electron chi connectivity index (χ0n) is 20.5. The molecule has 1 amide bonds. The number of nitrogens with one attached hydrogen (secondary N) is 1. The van der Waals surface area contributed by atoms with E-state index in [0.717, 1.165) is 28.1 Å². The summed E-state index contributed by atoms with van der Waals surface area (Å²) in [7, 11) is 1.40. The van der Waals surface area contributed by atoms with Gasteiger partial charge in [-0.1, -0.05) is 54.6 Å². The molecule has 0 aliphatic carbocycles. The molecule has 0 atom stereocenters. The second-order valence-electron chi connectivity index (χ2n) is 8.81. The van der Waals surface area contributed by atoms with Crippen molar-refractivity contribution < 1.29 is 19.1 Å². The van der Waals surface area contributed by atoms with Gasteiger partial charge in [-0.2, -0.15) is 0 Å². The van der Waals surface area contributed by atoms with E-state index in [0.29, 0.717) is 24.3 Å². The summed E-state index contributed by atoms with van der Waals surface area (Å²) in [5, 5.41) is 2.84. The molecule has 186 valence electrons. The molecule has 4 aromatic rings. The molecule has 3 aromatic carbocycles. The number of hydrogen-bond donors (Lipinski definition) is 1. The first kappa shape index (κ1) is 24.1. The molecular weight excluding hydrogens is 466 g/mol. The third-order valence-electron chi connectivity index (χ3n) is 6.24. The maximum absolute atomic E-state index is 12.7. The minimum absolute atomic E-state index is 0.00870. The highest BCUT2D eigenvalue weighted by Gasteiger charge is 2.32. The van der Waals surface area contributed by atoms with Crippen molar-refractivity contribution in [3.63, 3.8) is 0 Å². The summed E-state index contributed by atoms with van der Waals surface area (Å²) >= 11 is 0. The lowest BCUT2D eigenvalue weighted by Gasteiger charge is -2.41. The van der Waals surface area contributed by atoms with Crippen LogP contribution in [0.2, 0.25) is 0 Å². The van der Waals surface area contributed by atoms with Crippen molar-refractivity contribution in [3.8, 4) is 16.9 Å². The fourth-order valence-corrected chi connectivity index (χ4v) is 4.39. The van der Waals surface area contributed by atoms with Crippen LogP contribution in [0.4, 0.5) is 11.4 Å². The molecular formula is C30H27N3O4. The molecule has 1 aromatic heterocycles. The van der Waals surface area contributed by atoms with E-state index in [-0.39, 0.29) is 24.4 Å². The van der Waals surface area contributed by atoms with Gasteiger partial charge in [0.2, 0.25) is 5.91 Å². The van der Waals surface area contributed by atoms with Gasteiger partial charge in [0.05, 0.1) is 49.8 Å². The number of ether oxygens (including phenoxy) is 2. The van der Waals surface area contributed by atoms with Crippen LogP contribution in [0.3, 0.4) is 0 Å². The fraction of sp³-hybridized carbons (Fsp3) is 0.167. The van der Waals surface area contributed by atoms with Gasteiger partial charge in [-0.05, 0) is 47.0 Å². The molecule has 0 radical (unpaired) electrons. The molecule has 1 saturated heterocycles. The maximum Gasteiger partial charge on any atom is 0.340 e. The summed E-state index contributed by atoms with van der Waals surface area (Å²) in [5.74, 6) is 0.282. The Morgan fingerprint density at radius 2 is 1.73 bits per heavy atom. The maximum atomic E-state index is 12.7. The Morgan fingerprint density at radius 3 is 2.43 bits per heavy atom. The van der Waals surface area contributed by atoms with Crippen LogP contribution in [0.1, 0.15) is 15.9 Å². The van der Waals surface area contributed by atoms with Gasteiger partial charge in [0.15, 0.2) is 0 Å². The molecule has 2 heterocycles. The highest BCUT2D eigenvalue weighted by molar-refractivity contribution is 6.03. The van der Waals surface area contributed by atoms with E-state index >= 15 is 0 Å². The molecule has 1 aliphatic heterocycles. The Labute approximate surface area is 215 Å². The summed E-state index contributed by atoms with van der Waals surface area (Å²) in [5.41, 5.74) is 4.77. The first-order valence-electron chi connectivity index (χ1n) is 12.1.